The smallest absolute Gasteiger partial charge is 0.239 e. The van der Waals surface area contributed by atoms with Crippen LogP contribution in [-0.4, -0.2) is 61.8 Å². The minimum atomic E-state index is -3.44. The second kappa shape index (κ2) is 8.55. The molecule has 8 nitrogen and oxygen atoms in total. The minimum absolute atomic E-state index is 0.0150. The van der Waals surface area contributed by atoms with Crippen molar-refractivity contribution in [2.75, 3.05) is 38.6 Å². The largest absolute Gasteiger partial charge is 0.379 e. The summed E-state index contributed by atoms with van der Waals surface area (Å²) in [4.78, 5) is 25.4. The van der Waals surface area contributed by atoms with Gasteiger partial charge >= 0.3 is 0 Å². The van der Waals surface area contributed by atoms with Crippen molar-refractivity contribution >= 4 is 37.7 Å². The number of nitrogens with zero attached hydrogens (tertiary/aromatic N) is 2. The summed E-state index contributed by atoms with van der Waals surface area (Å²) in [5, 5.41) is 3.78. The normalized spacial score (nSPS) is 15.5. The summed E-state index contributed by atoms with van der Waals surface area (Å²) in [7, 11) is -3.44. The maximum Gasteiger partial charge on any atom is 0.239 e. The number of hydrogen-bond acceptors (Lipinski definition) is 5. The van der Waals surface area contributed by atoms with Gasteiger partial charge in [-0.25, -0.2) is 8.42 Å². The van der Waals surface area contributed by atoms with Gasteiger partial charge in [-0.15, -0.1) is 0 Å². The molecule has 158 valence electrons. The van der Waals surface area contributed by atoms with Crippen molar-refractivity contribution < 1.29 is 17.9 Å². The van der Waals surface area contributed by atoms with Crippen molar-refractivity contribution in [3.8, 4) is 0 Å². The number of ether oxygens (including phenoxy) is 1. The molecule has 1 amide bonds. The van der Waals surface area contributed by atoms with Crippen molar-refractivity contribution in [2.24, 2.45) is 0 Å². The molecule has 2 heterocycles. The Labute approximate surface area is 174 Å². The number of rotatable bonds is 6. The first-order valence-electron chi connectivity index (χ1n) is 9.80. The van der Waals surface area contributed by atoms with E-state index in [0.717, 1.165) is 0 Å². The number of carbonyl (C=O) groups is 1. The van der Waals surface area contributed by atoms with E-state index in [-0.39, 0.29) is 30.2 Å². The summed E-state index contributed by atoms with van der Waals surface area (Å²) < 4.78 is 33.1. The van der Waals surface area contributed by atoms with Gasteiger partial charge in [0.15, 0.2) is 5.43 Å². The highest BCUT2D eigenvalue weighted by Crippen LogP contribution is 2.19. The first-order chi connectivity index (χ1) is 14.5. The predicted octanol–water partition coefficient (Wildman–Crippen LogP) is 0.933. The molecule has 30 heavy (non-hydrogen) atoms. The lowest BCUT2D eigenvalue weighted by Gasteiger charge is -2.26. The Morgan fingerprint density at radius 2 is 1.53 bits per heavy atom. The summed E-state index contributed by atoms with van der Waals surface area (Å²) in [6.07, 6.45) is 0. The highest BCUT2D eigenvalue weighted by molar-refractivity contribution is 7.89. The van der Waals surface area contributed by atoms with E-state index in [2.05, 4.69) is 5.32 Å². The lowest BCUT2D eigenvalue weighted by atomic mass is 10.1. The van der Waals surface area contributed by atoms with E-state index >= 15 is 0 Å². The summed E-state index contributed by atoms with van der Waals surface area (Å²) in [6.45, 7) is 1.46. The van der Waals surface area contributed by atoms with Gasteiger partial charge in [0.05, 0.1) is 30.0 Å². The molecule has 0 radical (unpaired) electrons. The number of benzene rings is 2. The van der Waals surface area contributed by atoms with Gasteiger partial charge in [0.25, 0.3) is 0 Å². The molecule has 0 atom stereocenters. The average molecular weight is 429 g/mol. The Morgan fingerprint density at radius 1 is 0.967 bits per heavy atom. The lowest BCUT2D eigenvalue weighted by molar-refractivity contribution is -0.121. The van der Waals surface area contributed by atoms with Crippen molar-refractivity contribution in [1.29, 1.82) is 0 Å². The van der Waals surface area contributed by atoms with Crippen molar-refractivity contribution in [3.63, 3.8) is 0 Å². The third-order valence-electron chi connectivity index (χ3n) is 5.23. The van der Waals surface area contributed by atoms with Crippen LogP contribution in [0.2, 0.25) is 0 Å². The third kappa shape index (κ3) is 4.09. The zero-order chi connectivity index (χ0) is 21.1. The number of morpholine rings is 1. The van der Waals surface area contributed by atoms with Crippen LogP contribution in [0.5, 0.6) is 0 Å². The number of sulfonamides is 1. The van der Waals surface area contributed by atoms with Gasteiger partial charge in [0, 0.05) is 30.4 Å². The van der Waals surface area contributed by atoms with Crippen LogP contribution in [0.4, 0.5) is 0 Å². The molecule has 0 aliphatic carbocycles. The van der Waals surface area contributed by atoms with Crippen molar-refractivity contribution in [3.05, 3.63) is 58.8 Å². The molecule has 1 saturated heterocycles. The molecule has 1 N–H and O–H groups in total. The highest BCUT2D eigenvalue weighted by Gasteiger charge is 2.24. The number of para-hydroxylation sites is 2. The maximum atomic E-state index is 12.8. The van der Waals surface area contributed by atoms with E-state index < -0.39 is 10.0 Å². The Hall–Kier alpha value is -2.75. The SMILES string of the molecule is O=C(Cn1c2ccccc2c(=O)c2ccccc21)NCCS(=O)(=O)N1CCOCC1. The van der Waals surface area contributed by atoms with Crippen LogP contribution >= 0.6 is 0 Å². The van der Waals surface area contributed by atoms with Crippen LogP contribution in [0.15, 0.2) is 53.3 Å². The first-order valence-corrected chi connectivity index (χ1v) is 11.4. The molecule has 9 heteroatoms. The first kappa shape index (κ1) is 20.5. The molecule has 2 aromatic carbocycles. The van der Waals surface area contributed by atoms with E-state index in [1.807, 2.05) is 12.1 Å². The molecule has 1 aliphatic heterocycles. The molecular formula is C21H23N3O5S. The summed E-state index contributed by atoms with van der Waals surface area (Å²) in [5.74, 6) is -0.476. The molecule has 4 rings (SSSR count). The molecule has 3 aromatic rings. The second-order valence-electron chi connectivity index (χ2n) is 7.13. The van der Waals surface area contributed by atoms with Gasteiger partial charge in [0.1, 0.15) is 6.54 Å². The maximum absolute atomic E-state index is 12.8. The minimum Gasteiger partial charge on any atom is -0.379 e. The Balaban J connectivity index is 1.52. The fraction of sp³-hybridized carbons (Fsp3) is 0.333. The topological polar surface area (TPSA) is 97.7 Å². The molecular weight excluding hydrogens is 406 g/mol. The Morgan fingerprint density at radius 3 is 2.13 bits per heavy atom. The number of hydrogen-bond donors (Lipinski definition) is 1. The molecule has 0 saturated carbocycles. The lowest BCUT2D eigenvalue weighted by Crippen LogP contribution is -2.44. The zero-order valence-electron chi connectivity index (χ0n) is 16.4. The molecule has 0 spiro atoms. The van der Waals surface area contributed by atoms with Gasteiger partial charge in [-0.2, -0.15) is 4.31 Å². The number of aromatic nitrogens is 1. The van der Waals surface area contributed by atoms with E-state index in [4.69, 9.17) is 4.74 Å². The van der Waals surface area contributed by atoms with Crippen molar-refractivity contribution in [2.45, 2.75) is 6.54 Å². The van der Waals surface area contributed by atoms with Crippen LogP contribution < -0.4 is 10.7 Å². The van der Waals surface area contributed by atoms with Gasteiger partial charge in [-0.3, -0.25) is 9.59 Å². The zero-order valence-corrected chi connectivity index (χ0v) is 17.2. The van der Waals surface area contributed by atoms with Crippen LogP contribution in [0.25, 0.3) is 21.8 Å². The molecule has 1 aliphatic rings. The highest BCUT2D eigenvalue weighted by atomic mass is 32.2. The van der Waals surface area contributed by atoms with Crippen molar-refractivity contribution in [1.82, 2.24) is 14.2 Å². The van der Waals surface area contributed by atoms with E-state index in [1.165, 1.54) is 4.31 Å². The number of amides is 1. The van der Waals surface area contributed by atoms with E-state index in [0.29, 0.717) is 48.1 Å². The molecule has 1 fully saturated rings. The fourth-order valence-corrected chi connectivity index (χ4v) is 5.04. The standard InChI is InChI=1S/C21H23N3O5S/c25-20(22-9-14-30(27,28)23-10-12-29-13-11-23)15-24-18-7-3-1-5-16(18)21(26)17-6-2-4-8-19(17)24/h1-8H,9-15H2,(H,22,25). The van der Waals surface area contributed by atoms with Crippen LogP contribution in [0.3, 0.4) is 0 Å². The molecule has 0 bridgehead atoms. The predicted molar refractivity (Wildman–Crippen MR) is 115 cm³/mol. The second-order valence-corrected chi connectivity index (χ2v) is 9.22. The van der Waals surface area contributed by atoms with Gasteiger partial charge < -0.3 is 14.6 Å². The summed E-state index contributed by atoms with van der Waals surface area (Å²) >= 11 is 0. The molecule has 0 unspecified atom stereocenters. The Kier molecular flexibility index (Phi) is 5.85. The van der Waals surface area contributed by atoms with Gasteiger partial charge in [-0.1, -0.05) is 24.3 Å². The number of carbonyl (C=O) groups excluding carboxylic acids is 1. The fourth-order valence-electron chi connectivity index (χ4n) is 3.72. The summed E-state index contributed by atoms with van der Waals surface area (Å²) in [6, 6.07) is 14.3. The average Bonchev–Trinajstić information content (AvgIpc) is 2.77. The van der Waals surface area contributed by atoms with Crippen LogP contribution in [0.1, 0.15) is 0 Å². The van der Waals surface area contributed by atoms with Gasteiger partial charge in [-0.05, 0) is 24.3 Å². The van der Waals surface area contributed by atoms with Crippen LogP contribution in [-0.2, 0) is 26.1 Å². The van der Waals surface area contributed by atoms with E-state index in [9.17, 15) is 18.0 Å². The Bertz CT molecular complexity index is 1190. The third-order valence-corrected chi connectivity index (χ3v) is 7.10. The van der Waals surface area contributed by atoms with Crippen LogP contribution in [0, 0.1) is 0 Å². The summed E-state index contributed by atoms with van der Waals surface area (Å²) in [5.41, 5.74) is 1.25. The van der Waals surface area contributed by atoms with E-state index in [1.54, 1.807) is 41.0 Å². The number of pyridine rings is 1. The number of fused-ring (bicyclic) bond motifs is 2. The number of nitrogens with one attached hydrogen (secondary N) is 1. The monoisotopic (exact) mass is 429 g/mol. The quantitative estimate of drug-likeness (QED) is 0.588. The molecule has 1 aromatic heterocycles. The van der Waals surface area contributed by atoms with Gasteiger partial charge in [0.2, 0.25) is 15.9 Å².